The van der Waals surface area contributed by atoms with E-state index in [1.165, 1.54) is 24.3 Å². The number of sulfonamides is 1. The lowest BCUT2D eigenvalue weighted by Gasteiger charge is -2.08. The number of carbonyl (C=O) groups excluding carboxylic acids is 1. The normalized spacial score (nSPS) is 11.3. The van der Waals surface area contributed by atoms with Gasteiger partial charge in [0.05, 0.1) is 4.90 Å². The minimum Gasteiger partial charge on any atom is -0.321 e. The highest BCUT2D eigenvalue weighted by Gasteiger charge is 2.12. The summed E-state index contributed by atoms with van der Waals surface area (Å²) in [7, 11) is -3.73. The van der Waals surface area contributed by atoms with Crippen molar-refractivity contribution in [2.75, 3.05) is 5.32 Å². The van der Waals surface area contributed by atoms with Crippen LogP contribution in [-0.2, 0) is 16.6 Å². The third-order valence-corrected chi connectivity index (χ3v) is 3.75. The van der Waals surface area contributed by atoms with E-state index in [-0.39, 0.29) is 10.8 Å². The highest BCUT2D eigenvalue weighted by Crippen LogP contribution is 2.14. The van der Waals surface area contributed by atoms with Gasteiger partial charge in [-0.05, 0) is 36.8 Å². The Bertz CT molecular complexity index is 735. The Morgan fingerprint density at radius 1 is 1.29 bits per heavy atom. The van der Waals surface area contributed by atoms with Crippen LogP contribution in [0.5, 0.6) is 0 Å². The van der Waals surface area contributed by atoms with Crippen molar-refractivity contribution in [3.63, 3.8) is 0 Å². The fourth-order valence-corrected chi connectivity index (χ4v) is 2.35. The Kier molecular flexibility index (Phi) is 4.39. The minimum atomic E-state index is -3.73. The molecule has 0 aliphatic heterocycles. The molecule has 0 saturated carbocycles. The average Bonchev–Trinajstić information content (AvgIpc) is 2.87. The van der Waals surface area contributed by atoms with Gasteiger partial charge in [0.2, 0.25) is 10.0 Å². The Morgan fingerprint density at radius 3 is 2.52 bits per heavy atom. The van der Waals surface area contributed by atoms with Crippen molar-refractivity contribution in [3.8, 4) is 0 Å². The highest BCUT2D eigenvalue weighted by atomic mass is 32.2. The molecular formula is C13H16N4O3S. The van der Waals surface area contributed by atoms with Gasteiger partial charge in [0.25, 0.3) is 5.91 Å². The molecule has 1 aromatic carbocycles. The molecule has 0 spiro atoms. The SMILES string of the molecule is CCCn1nccc1C(=O)Nc1ccc(S(N)(=O)=O)cc1. The Labute approximate surface area is 122 Å². The van der Waals surface area contributed by atoms with Crippen molar-refractivity contribution in [1.29, 1.82) is 0 Å². The van der Waals surface area contributed by atoms with Gasteiger partial charge in [-0.15, -0.1) is 0 Å². The molecule has 112 valence electrons. The number of aromatic nitrogens is 2. The fraction of sp³-hybridized carbons (Fsp3) is 0.231. The van der Waals surface area contributed by atoms with Gasteiger partial charge in [0, 0.05) is 18.4 Å². The molecule has 0 atom stereocenters. The second-order valence-electron chi connectivity index (χ2n) is 4.46. The van der Waals surface area contributed by atoms with Crippen LogP contribution in [0.15, 0.2) is 41.4 Å². The molecule has 2 aromatic rings. The van der Waals surface area contributed by atoms with Crippen molar-refractivity contribution in [1.82, 2.24) is 9.78 Å². The zero-order valence-corrected chi connectivity index (χ0v) is 12.3. The van der Waals surface area contributed by atoms with Gasteiger partial charge in [-0.3, -0.25) is 9.48 Å². The number of carbonyl (C=O) groups is 1. The molecule has 8 heteroatoms. The Hall–Kier alpha value is -2.19. The molecule has 0 unspecified atom stereocenters. The van der Waals surface area contributed by atoms with E-state index < -0.39 is 10.0 Å². The number of nitrogens with two attached hydrogens (primary N) is 1. The lowest BCUT2D eigenvalue weighted by Crippen LogP contribution is -2.18. The molecule has 2 rings (SSSR count). The molecule has 7 nitrogen and oxygen atoms in total. The Morgan fingerprint density at radius 2 is 1.95 bits per heavy atom. The lowest BCUT2D eigenvalue weighted by atomic mass is 10.3. The molecule has 0 radical (unpaired) electrons. The first kappa shape index (κ1) is 15.2. The number of aryl methyl sites for hydroxylation is 1. The van der Waals surface area contributed by atoms with E-state index in [1.807, 2.05) is 6.92 Å². The van der Waals surface area contributed by atoms with Crippen LogP contribution in [0.1, 0.15) is 23.8 Å². The maximum atomic E-state index is 12.1. The molecule has 1 amide bonds. The summed E-state index contributed by atoms with van der Waals surface area (Å²) < 4.78 is 23.9. The summed E-state index contributed by atoms with van der Waals surface area (Å²) in [5.41, 5.74) is 0.934. The molecule has 3 N–H and O–H groups in total. The summed E-state index contributed by atoms with van der Waals surface area (Å²) in [5.74, 6) is -0.302. The molecular weight excluding hydrogens is 292 g/mol. The van der Waals surface area contributed by atoms with Crippen LogP contribution in [0.2, 0.25) is 0 Å². The number of rotatable bonds is 5. The average molecular weight is 308 g/mol. The van der Waals surface area contributed by atoms with Gasteiger partial charge in [0.1, 0.15) is 5.69 Å². The van der Waals surface area contributed by atoms with Crippen molar-refractivity contribution in [2.24, 2.45) is 5.14 Å². The second kappa shape index (κ2) is 6.06. The van der Waals surface area contributed by atoms with Gasteiger partial charge < -0.3 is 5.32 Å². The van der Waals surface area contributed by atoms with Crippen molar-refractivity contribution < 1.29 is 13.2 Å². The molecule has 1 aromatic heterocycles. The Balaban J connectivity index is 2.14. The molecule has 0 aliphatic carbocycles. The maximum absolute atomic E-state index is 12.1. The van der Waals surface area contributed by atoms with Crippen LogP contribution < -0.4 is 10.5 Å². The van der Waals surface area contributed by atoms with Crippen LogP contribution in [0.4, 0.5) is 5.69 Å². The topological polar surface area (TPSA) is 107 Å². The first-order valence-electron chi connectivity index (χ1n) is 6.38. The van der Waals surface area contributed by atoms with E-state index in [4.69, 9.17) is 5.14 Å². The van der Waals surface area contributed by atoms with Gasteiger partial charge in [-0.2, -0.15) is 5.10 Å². The molecule has 0 bridgehead atoms. The number of nitrogens with one attached hydrogen (secondary N) is 1. The molecule has 1 heterocycles. The first-order valence-corrected chi connectivity index (χ1v) is 7.92. The first-order chi connectivity index (χ1) is 9.91. The summed E-state index contributed by atoms with van der Waals surface area (Å²) >= 11 is 0. The highest BCUT2D eigenvalue weighted by molar-refractivity contribution is 7.89. The maximum Gasteiger partial charge on any atom is 0.273 e. The number of primary sulfonamides is 1. The summed E-state index contributed by atoms with van der Waals surface area (Å²) in [5, 5.41) is 11.8. The molecule has 0 fully saturated rings. The fourth-order valence-electron chi connectivity index (χ4n) is 1.84. The molecule has 0 saturated heterocycles. The predicted molar refractivity (Wildman–Crippen MR) is 78.3 cm³/mol. The van der Waals surface area contributed by atoms with Crippen molar-refractivity contribution in [3.05, 3.63) is 42.2 Å². The predicted octanol–water partition coefficient (Wildman–Crippen LogP) is 1.19. The van der Waals surface area contributed by atoms with E-state index in [1.54, 1.807) is 16.9 Å². The molecule has 0 aliphatic rings. The van der Waals surface area contributed by atoms with Crippen LogP contribution in [0, 0.1) is 0 Å². The summed E-state index contributed by atoms with van der Waals surface area (Å²) in [6, 6.07) is 7.28. The number of amides is 1. The zero-order valence-electron chi connectivity index (χ0n) is 11.5. The summed E-state index contributed by atoms with van der Waals surface area (Å²) in [6.45, 7) is 2.65. The van der Waals surface area contributed by atoms with E-state index in [0.717, 1.165) is 6.42 Å². The minimum absolute atomic E-state index is 0.00322. The van der Waals surface area contributed by atoms with Crippen molar-refractivity contribution >= 4 is 21.6 Å². The number of nitrogens with zero attached hydrogens (tertiary/aromatic N) is 2. The number of benzene rings is 1. The summed E-state index contributed by atoms with van der Waals surface area (Å²) in [4.78, 5) is 12.1. The van der Waals surface area contributed by atoms with Gasteiger partial charge in [-0.1, -0.05) is 6.92 Å². The lowest BCUT2D eigenvalue weighted by molar-refractivity contribution is 0.101. The van der Waals surface area contributed by atoms with E-state index in [0.29, 0.717) is 17.9 Å². The zero-order chi connectivity index (χ0) is 15.5. The van der Waals surface area contributed by atoms with Crippen LogP contribution in [0.3, 0.4) is 0 Å². The monoisotopic (exact) mass is 308 g/mol. The van der Waals surface area contributed by atoms with Crippen LogP contribution in [0.25, 0.3) is 0 Å². The van der Waals surface area contributed by atoms with Crippen molar-refractivity contribution in [2.45, 2.75) is 24.8 Å². The number of hydrogen-bond donors (Lipinski definition) is 2. The smallest absolute Gasteiger partial charge is 0.273 e. The summed E-state index contributed by atoms with van der Waals surface area (Å²) in [6.07, 6.45) is 2.43. The van der Waals surface area contributed by atoms with E-state index >= 15 is 0 Å². The second-order valence-corrected chi connectivity index (χ2v) is 6.02. The van der Waals surface area contributed by atoms with Gasteiger partial charge in [0.15, 0.2) is 0 Å². The standard InChI is InChI=1S/C13H16N4O3S/c1-2-9-17-12(7-8-15-17)13(18)16-10-3-5-11(6-4-10)21(14,19)20/h3-8H,2,9H2,1H3,(H,16,18)(H2,14,19,20). The number of hydrogen-bond acceptors (Lipinski definition) is 4. The van der Waals surface area contributed by atoms with Crippen LogP contribution in [-0.4, -0.2) is 24.1 Å². The van der Waals surface area contributed by atoms with Gasteiger partial charge >= 0.3 is 0 Å². The van der Waals surface area contributed by atoms with Crippen LogP contribution >= 0.6 is 0 Å². The van der Waals surface area contributed by atoms with E-state index in [9.17, 15) is 13.2 Å². The third-order valence-electron chi connectivity index (χ3n) is 2.83. The quantitative estimate of drug-likeness (QED) is 0.865. The van der Waals surface area contributed by atoms with Gasteiger partial charge in [-0.25, -0.2) is 13.6 Å². The molecule has 21 heavy (non-hydrogen) atoms. The van der Waals surface area contributed by atoms with E-state index in [2.05, 4.69) is 10.4 Å². The third kappa shape index (κ3) is 3.67. The number of anilines is 1. The largest absolute Gasteiger partial charge is 0.321 e.